The van der Waals surface area contributed by atoms with Crippen LogP contribution in [0, 0.1) is 0 Å². The second-order valence-electron chi connectivity index (χ2n) is 2.27. The molecule has 0 saturated carbocycles. The van der Waals surface area contributed by atoms with Gasteiger partial charge in [-0.05, 0) is 6.42 Å². The quantitative estimate of drug-likeness (QED) is 0.549. The van der Waals surface area contributed by atoms with E-state index >= 15 is 0 Å². The monoisotopic (exact) mass is 165 g/mol. The summed E-state index contributed by atoms with van der Waals surface area (Å²) in [6.07, 6.45) is 0.607. The third kappa shape index (κ3) is 2.64. The van der Waals surface area contributed by atoms with Gasteiger partial charge >= 0.3 is 0 Å². The van der Waals surface area contributed by atoms with E-state index in [1.165, 1.54) is 5.06 Å². The van der Waals surface area contributed by atoms with E-state index in [2.05, 4.69) is 4.28 Å². The van der Waals surface area contributed by atoms with Gasteiger partial charge in [0.1, 0.15) is 0 Å². The van der Waals surface area contributed by atoms with E-state index in [0.717, 1.165) is 13.1 Å². The summed E-state index contributed by atoms with van der Waals surface area (Å²) >= 11 is 0. The predicted octanol–water partition coefficient (Wildman–Crippen LogP) is -0.0266. The Labute approximate surface area is 60.9 Å². The average Bonchev–Trinajstić information content (AvgIpc) is 2.48. The second kappa shape index (κ2) is 2.86. The molecule has 1 heterocycles. The van der Waals surface area contributed by atoms with E-state index in [1.807, 2.05) is 6.92 Å². The second-order valence-corrected chi connectivity index (χ2v) is 3.94. The highest BCUT2D eigenvalue weighted by Crippen LogP contribution is 2.09. The SMILES string of the molecule is CCCS(=O)(=O)ON1CC1. The Hall–Kier alpha value is -0.130. The third-order valence-corrected chi connectivity index (χ3v) is 2.43. The van der Waals surface area contributed by atoms with Gasteiger partial charge in [0.05, 0.1) is 5.75 Å². The van der Waals surface area contributed by atoms with Crippen molar-refractivity contribution in [1.29, 1.82) is 0 Å². The van der Waals surface area contributed by atoms with Gasteiger partial charge in [-0.15, -0.1) is 0 Å². The molecule has 1 aliphatic rings. The fourth-order valence-corrected chi connectivity index (χ4v) is 1.61. The van der Waals surface area contributed by atoms with E-state index in [0.29, 0.717) is 6.42 Å². The molecule has 0 aromatic rings. The Morgan fingerprint density at radius 2 is 2.10 bits per heavy atom. The number of rotatable bonds is 4. The summed E-state index contributed by atoms with van der Waals surface area (Å²) in [4.78, 5) is 0. The van der Waals surface area contributed by atoms with Crippen molar-refractivity contribution in [2.75, 3.05) is 18.8 Å². The lowest BCUT2D eigenvalue weighted by atomic mass is 10.6. The topological polar surface area (TPSA) is 46.4 Å². The molecule has 0 atom stereocenters. The molecule has 10 heavy (non-hydrogen) atoms. The highest BCUT2D eigenvalue weighted by atomic mass is 32.2. The maximum atomic E-state index is 10.8. The van der Waals surface area contributed by atoms with Crippen LogP contribution in [0.25, 0.3) is 0 Å². The molecule has 1 aliphatic heterocycles. The smallest absolute Gasteiger partial charge is 0.198 e. The molecule has 1 fully saturated rings. The van der Waals surface area contributed by atoms with Gasteiger partial charge in [-0.1, -0.05) is 6.92 Å². The molecule has 0 aromatic carbocycles. The van der Waals surface area contributed by atoms with Crippen LogP contribution in [0.15, 0.2) is 0 Å². The summed E-state index contributed by atoms with van der Waals surface area (Å²) in [5.74, 6) is 0.115. The van der Waals surface area contributed by atoms with Gasteiger partial charge in [0, 0.05) is 13.1 Å². The van der Waals surface area contributed by atoms with Gasteiger partial charge in [0.25, 0.3) is 10.1 Å². The Kier molecular flexibility index (Phi) is 2.28. The van der Waals surface area contributed by atoms with Crippen molar-refractivity contribution in [2.45, 2.75) is 13.3 Å². The van der Waals surface area contributed by atoms with Crippen LogP contribution in [0.2, 0.25) is 0 Å². The molecule has 1 saturated heterocycles. The van der Waals surface area contributed by atoms with Gasteiger partial charge in [0.2, 0.25) is 0 Å². The predicted molar refractivity (Wildman–Crippen MR) is 36.7 cm³/mol. The van der Waals surface area contributed by atoms with E-state index in [4.69, 9.17) is 0 Å². The van der Waals surface area contributed by atoms with Crippen LogP contribution in [-0.2, 0) is 14.4 Å². The first-order valence-electron chi connectivity index (χ1n) is 3.31. The molecule has 0 N–H and O–H groups in total. The van der Waals surface area contributed by atoms with Crippen LogP contribution in [0.4, 0.5) is 0 Å². The zero-order valence-electron chi connectivity index (χ0n) is 5.91. The van der Waals surface area contributed by atoms with Gasteiger partial charge < -0.3 is 0 Å². The molecule has 4 nitrogen and oxygen atoms in total. The summed E-state index contributed by atoms with van der Waals surface area (Å²) in [6, 6.07) is 0. The Morgan fingerprint density at radius 1 is 1.50 bits per heavy atom. The maximum absolute atomic E-state index is 10.8. The van der Waals surface area contributed by atoms with Crippen molar-refractivity contribution in [3.63, 3.8) is 0 Å². The number of hydrogen-bond acceptors (Lipinski definition) is 4. The average molecular weight is 165 g/mol. The molecular formula is C5H11NO3S. The molecule has 0 aliphatic carbocycles. The first-order chi connectivity index (χ1) is 4.64. The van der Waals surface area contributed by atoms with Crippen molar-refractivity contribution < 1.29 is 12.7 Å². The number of nitrogens with zero attached hydrogens (tertiary/aromatic N) is 1. The molecule has 0 amide bonds. The van der Waals surface area contributed by atoms with Crippen LogP contribution in [0.5, 0.6) is 0 Å². The molecule has 0 bridgehead atoms. The van der Waals surface area contributed by atoms with Gasteiger partial charge in [0.15, 0.2) is 0 Å². The summed E-state index contributed by atoms with van der Waals surface area (Å²) in [7, 11) is -3.24. The fourth-order valence-electron chi connectivity index (χ4n) is 0.563. The standard InChI is InChI=1S/C5H11NO3S/c1-2-5-10(7,8)9-6-3-4-6/h2-5H2,1H3. The Morgan fingerprint density at radius 3 is 2.50 bits per heavy atom. The zero-order valence-corrected chi connectivity index (χ0v) is 6.73. The fraction of sp³-hybridized carbons (Fsp3) is 1.00. The van der Waals surface area contributed by atoms with E-state index in [-0.39, 0.29) is 5.75 Å². The molecule has 1 rings (SSSR count). The van der Waals surface area contributed by atoms with Crippen LogP contribution in [0.1, 0.15) is 13.3 Å². The van der Waals surface area contributed by atoms with Crippen molar-refractivity contribution in [1.82, 2.24) is 5.06 Å². The van der Waals surface area contributed by atoms with Crippen LogP contribution >= 0.6 is 0 Å². The zero-order chi connectivity index (χ0) is 7.61. The van der Waals surface area contributed by atoms with E-state index in [1.54, 1.807) is 0 Å². The van der Waals surface area contributed by atoms with Crippen LogP contribution < -0.4 is 0 Å². The molecular weight excluding hydrogens is 154 g/mol. The Bertz CT molecular complexity index is 195. The summed E-state index contributed by atoms with van der Waals surface area (Å²) < 4.78 is 26.2. The summed E-state index contributed by atoms with van der Waals surface area (Å²) in [5.41, 5.74) is 0. The van der Waals surface area contributed by atoms with Crippen molar-refractivity contribution in [3.05, 3.63) is 0 Å². The molecule has 0 spiro atoms. The summed E-state index contributed by atoms with van der Waals surface area (Å²) in [6.45, 7) is 3.29. The molecule has 5 heteroatoms. The van der Waals surface area contributed by atoms with Gasteiger partial charge in [-0.2, -0.15) is 17.8 Å². The van der Waals surface area contributed by atoms with Crippen molar-refractivity contribution >= 4 is 10.1 Å². The highest BCUT2D eigenvalue weighted by molar-refractivity contribution is 7.86. The minimum atomic E-state index is -3.24. The number of hydroxylamine groups is 2. The first-order valence-corrected chi connectivity index (χ1v) is 4.89. The highest BCUT2D eigenvalue weighted by Gasteiger charge is 2.25. The largest absolute Gasteiger partial charge is 0.283 e. The lowest BCUT2D eigenvalue weighted by molar-refractivity contribution is 0.0789. The van der Waals surface area contributed by atoms with Crippen molar-refractivity contribution in [2.24, 2.45) is 0 Å². The first kappa shape index (κ1) is 7.97. The van der Waals surface area contributed by atoms with Gasteiger partial charge in [-0.25, -0.2) is 0 Å². The van der Waals surface area contributed by atoms with Crippen molar-refractivity contribution in [3.8, 4) is 0 Å². The molecule has 0 radical (unpaired) electrons. The minimum Gasteiger partial charge on any atom is -0.198 e. The lowest BCUT2D eigenvalue weighted by Crippen LogP contribution is -2.13. The lowest BCUT2D eigenvalue weighted by Gasteiger charge is -2.00. The Balaban J connectivity index is 2.34. The molecule has 60 valence electrons. The van der Waals surface area contributed by atoms with E-state index < -0.39 is 10.1 Å². The van der Waals surface area contributed by atoms with Gasteiger partial charge in [-0.3, -0.25) is 0 Å². The minimum absolute atomic E-state index is 0.115. The number of hydrogen-bond donors (Lipinski definition) is 0. The molecule has 0 aromatic heterocycles. The summed E-state index contributed by atoms with van der Waals surface area (Å²) in [5, 5.41) is 1.42. The van der Waals surface area contributed by atoms with Crippen LogP contribution in [0.3, 0.4) is 0 Å². The van der Waals surface area contributed by atoms with E-state index in [9.17, 15) is 8.42 Å². The normalized spacial score (nSPS) is 19.3. The molecule has 0 unspecified atom stereocenters. The third-order valence-electron chi connectivity index (χ3n) is 1.08. The van der Waals surface area contributed by atoms with Crippen LogP contribution in [-0.4, -0.2) is 32.3 Å². The maximum Gasteiger partial charge on any atom is 0.283 e.